The van der Waals surface area contributed by atoms with Gasteiger partial charge in [0.25, 0.3) is 0 Å². The average Bonchev–Trinajstić information content (AvgIpc) is 2.48. The zero-order chi connectivity index (χ0) is 13.5. The minimum Gasteiger partial charge on any atom is -0.369 e. The molecule has 2 N–H and O–H groups in total. The molecule has 0 atom stereocenters. The summed E-state index contributed by atoms with van der Waals surface area (Å²) in [6.45, 7) is 6.22. The minimum absolute atomic E-state index is 0. The monoisotopic (exact) mass is 294 g/mol. The van der Waals surface area contributed by atoms with Gasteiger partial charge in [0.05, 0.1) is 11.6 Å². The molecule has 0 aromatic heterocycles. The number of halogens is 1. The second-order valence-electron chi connectivity index (χ2n) is 4.99. The lowest BCUT2D eigenvalue weighted by Gasteiger charge is -2.36. The Morgan fingerprint density at radius 2 is 1.90 bits per heavy atom. The fourth-order valence-corrected chi connectivity index (χ4v) is 2.48. The molecular formula is C15H23ClN4. The first-order valence-electron chi connectivity index (χ1n) is 7.01. The van der Waals surface area contributed by atoms with Gasteiger partial charge < -0.3 is 10.6 Å². The van der Waals surface area contributed by atoms with E-state index < -0.39 is 0 Å². The Labute approximate surface area is 127 Å². The molecule has 1 aliphatic heterocycles. The van der Waals surface area contributed by atoms with Crippen LogP contribution in [0.4, 0.5) is 5.69 Å². The third-order valence-corrected chi connectivity index (χ3v) is 3.64. The first kappa shape index (κ1) is 16.8. The van der Waals surface area contributed by atoms with Gasteiger partial charge in [-0.2, -0.15) is 5.26 Å². The summed E-state index contributed by atoms with van der Waals surface area (Å²) in [6.07, 6.45) is 2.31. The number of nitrogens with zero attached hydrogens (tertiary/aromatic N) is 3. The van der Waals surface area contributed by atoms with Crippen molar-refractivity contribution in [2.45, 2.75) is 12.8 Å². The summed E-state index contributed by atoms with van der Waals surface area (Å²) in [5.74, 6) is 0. The molecule has 1 aromatic carbocycles. The fourth-order valence-electron chi connectivity index (χ4n) is 2.48. The number of hydrogen-bond donors (Lipinski definition) is 1. The molecule has 1 heterocycles. The number of piperazine rings is 1. The van der Waals surface area contributed by atoms with Crippen molar-refractivity contribution < 1.29 is 0 Å². The molecule has 20 heavy (non-hydrogen) atoms. The van der Waals surface area contributed by atoms with Gasteiger partial charge in [0.15, 0.2) is 0 Å². The van der Waals surface area contributed by atoms with Gasteiger partial charge in [0.1, 0.15) is 0 Å². The van der Waals surface area contributed by atoms with Crippen LogP contribution in [0.1, 0.15) is 18.4 Å². The highest BCUT2D eigenvalue weighted by molar-refractivity contribution is 5.85. The maximum absolute atomic E-state index is 8.94. The second kappa shape index (κ2) is 8.80. The molecule has 1 saturated heterocycles. The molecule has 0 aliphatic carbocycles. The van der Waals surface area contributed by atoms with Gasteiger partial charge in [-0.25, -0.2) is 0 Å². The molecule has 5 heteroatoms. The van der Waals surface area contributed by atoms with Crippen molar-refractivity contribution in [3.05, 3.63) is 29.8 Å². The lowest BCUT2D eigenvalue weighted by molar-refractivity contribution is 0.253. The van der Waals surface area contributed by atoms with E-state index in [1.807, 2.05) is 18.2 Å². The van der Waals surface area contributed by atoms with E-state index in [1.165, 1.54) is 12.1 Å². The third kappa shape index (κ3) is 4.68. The van der Waals surface area contributed by atoms with E-state index in [1.54, 1.807) is 0 Å². The number of anilines is 1. The number of rotatable bonds is 5. The van der Waals surface area contributed by atoms with E-state index in [9.17, 15) is 0 Å². The number of hydrogen-bond acceptors (Lipinski definition) is 4. The second-order valence-corrected chi connectivity index (χ2v) is 4.99. The highest BCUT2D eigenvalue weighted by Gasteiger charge is 2.16. The summed E-state index contributed by atoms with van der Waals surface area (Å²) in [5, 5.41) is 8.94. The standard InChI is InChI=1S/C15H22N4.ClH/c16-6-1-2-7-18-8-10-19(11-9-18)15-5-3-4-14(12-15)13-17;/h3-5,12H,1-2,6-11,16H2;1H. The molecule has 0 spiro atoms. The summed E-state index contributed by atoms with van der Waals surface area (Å²) >= 11 is 0. The van der Waals surface area contributed by atoms with Crippen LogP contribution in [0, 0.1) is 11.3 Å². The number of nitriles is 1. The summed E-state index contributed by atoms with van der Waals surface area (Å²) in [4.78, 5) is 4.86. The average molecular weight is 295 g/mol. The Bertz CT molecular complexity index is 436. The first-order chi connectivity index (χ1) is 9.33. The maximum atomic E-state index is 8.94. The lowest BCUT2D eigenvalue weighted by atomic mass is 10.2. The molecule has 1 aliphatic rings. The molecule has 4 nitrogen and oxygen atoms in total. The van der Waals surface area contributed by atoms with Crippen LogP contribution in [0.2, 0.25) is 0 Å². The number of benzene rings is 1. The van der Waals surface area contributed by atoms with E-state index in [4.69, 9.17) is 11.0 Å². The van der Waals surface area contributed by atoms with E-state index in [0.29, 0.717) is 0 Å². The van der Waals surface area contributed by atoms with Gasteiger partial charge >= 0.3 is 0 Å². The molecule has 0 amide bonds. The van der Waals surface area contributed by atoms with E-state index in [2.05, 4.69) is 21.9 Å². The van der Waals surface area contributed by atoms with Crippen LogP contribution in [-0.2, 0) is 0 Å². The first-order valence-corrected chi connectivity index (χ1v) is 7.01. The summed E-state index contributed by atoms with van der Waals surface area (Å²) in [7, 11) is 0. The number of nitrogens with two attached hydrogens (primary N) is 1. The van der Waals surface area contributed by atoms with E-state index in [0.717, 1.165) is 51.3 Å². The van der Waals surface area contributed by atoms with Crippen molar-refractivity contribution in [2.24, 2.45) is 5.73 Å². The summed E-state index contributed by atoms with van der Waals surface area (Å²) < 4.78 is 0. The van der Waals surface area contributed by atoms with Crippen LogP contribution in [0.15, 0.2) is 24.3 Å². The minimum atomic E-state index is 0. The topological polar surface area (TPSA) is 56.3 Å². The van der Waals surface area contributed by atoms with Gasteiger partial charge in [0, 0.05) is 31.9 Å². The molecular weight excluding hydrogens is 272 g/mol. The highest BCUT2D eigenvalue weighted by atomic mass is 35.5. The molecule has 0 radical (unpaired) electrons. The molecule has 0 unspecified atom stereocenters. The molecule has 110 valence electrons. The SMILES string of the molecule is Cl.N#Cc1cccc(N2CCN(CCCCN)CC2)c1. The van der Waals surface area contributed by atoms with Crippen LogP contribution in [0.25, 0.3) is 0 Å². The Kier molecular flexibility index (Phi) is 7.38. The van der Waals surface area contributed by atoms with Crippen LogP contribution < -0.4 is 10.6 Å². The Hall–Kier alpha value is -1.28. The lowest BCUT2D eigenvalue weighted by Crippen LogP contribution is -2.46. The van der Waals surface area contributed by atoms with Crippen molar-refractivity contribution in [2.75, 3.05) is 44.2 Å². The smallest absolute Gasteiger partial charge is 0.0992 e. The Balaban J connectivity index is 0.00000200. The maximum Gasteiger partial charge on any atom is 0.0992 e. The summed E-state index contributed by atoms with van der Waals surface area (Å²) in [5.41, 5.74) is 7.42. The fraction of sp³-hybridized carbons (Fsp3) is 0.533. The molecule has 1 aromatic rings. The van der Waals surface area contributed by atoms with Gasteiger partial charge in [-0.3, -0.25) is 4.90 Å². The highest BCUT2D eigenvalue weighted by Crippen LogP contribution is 2.17. The molecule has 1 fully saturated rings. The normalized spacial score (nSPS) is 15.5. The number of unbranched alkanes of at least 4 members (excludes halogenated alkanes) is 1. The zero-order valence-corrected chi connectivity index (χ0v) is 12.6. The summed E-state index contributed by atoms with van der Waals surface area (Å²) in [6, 6.07) is 10.1. The van der Waals surface area contributed by atoms with Crippen molar-refractivity contribution in [1.29, 1.82) is 5.26 Å². The van der Waals surface area contributed by atoms with Crippen LogP contribution >= 0.6 is 12.4 Å². The Morgan fingerprint density at radius 1 is 1.15 bits per heavy atom. The van der Waals surface area contributed by atoms with Gasteiger partial charge in [-0.1, -0.05) is 6.07 Å². The van der Waals surface area contributed by atoms with Crippen LogP contribution in [0.5, 0.6) is 0 Å². The van der Waals surface area contributed by atoms with Gasteiger partial charge in [-0.15, -0.1) is 12.4 Å². The van der Waals surface area contributed by atoms with Crippen molar-refractivity contribution >= 4 is 18.1 Å². The molecule has 2 rings (SSSR count). The van der Waals surface area contributed by atoms with Crippen molar-refractivity contribution in [1.82, 2.24) is 4.90 Å². The quantitative estimate of drug-likeness (QED) is 0.842. The van der Waals surface area contributed by atoms with Crippen molar-refractivity contribution in [3.63, 3.8) is 0 Å². The predicted octanol–water partition coefficient (Wildman–Crippen LogP) is 1.84. The van der Waals surface area contributed by atoms with Crippen LogP contribution in [-0.4, -0.2) is 44.2 Å². The van der Waals surface area contributed by atoms with E-state index in [-0.39, 0.29) is 12.4 Å². The van der Waals surface area contributed by atoms with Gasteiger partial charge in [-0.05, 0) is 44.1 Å². The van der Waals surface area contributed by atoms with Gasteiger partial charge in [0.2, 0.25) is 0 Å². The molecule has 0 saturated carbocycles. The largest absolute Gasteiger partial charge is 0.369 e. The third-order valence-electron chi connectivity index (χ3n) is 3.64. The van der Waals surface area contributed by atoms with Crippen LogP contribution in [0.3, 0.4) is 0 Å². The van der Waals surface area contributed by atoms with E-state index >= 15 is 0 Å². The zero-order valence-electron chi connectivity index (χ0n) is 11.8. The Morgan fingerprint density at radius 3 is 2.55 bits per heavy atom. The van der Waals surface area contributed by atoms with Crippen molar-refractivity contribution in [3.8, 4) is 6.07 Å². The predicted molar refractivity (Wildman–Crippen MR) is 85.3 cm³/mol. The molecule has 0 bridgehead atoms.